The molecule has 0 saturated heterocycles. The molecule has 0 unspecified atom stereocenters. The molecule has 2 aromatic rings. The van der Waals surface area contributed by atoms with Gasteiger partial charge >= 0.3 is 6.03 Å². The Labute approximate surface area is 195 Å². The van der Waals surface area contributed by atoms with Crippen molar-refractivity contribution in [2.45, 2.75) is 70.4 Å². The summed E-state index contributed by atoms with van der Waals surface area (Å²) in [5.41, 5.74) is 4.19. The van der Waals surface area contributed by atoms with Crippen molar-refractivity contribution in [3.8, 4) is 0 Å². The van der Waals surface area contributed by atoms with E-state index in [9.17, 15) is 4.79 Å². The number of carbonyl (C=O) groups excluding carboxylic acids is 1. The second-order valence-electron chi connectivity index (χ2n) is 9.17. The number of hydrogen-bond acceptors (Lipinski definition) is 5. The van der Waals surface area contributed by atoms with Gasteiger partial charge in [0.1, 0.15) is 5.82 Å². The van der Waals surface area contributed by atoms with Crippen LogP contribution in [-0.2, 0) is 12.8 Å². The lowest BCUT2D eigenvalue weighted by atomic mass is 9.91. The minimum absolute atomic E-state index is 0.151. The summed E-state index contributed by atoms with van der Waals surface area (Å²) in [5, 5.41) is 10.1. The fraction of sp³-hybridized carbons (Fsp3) is 0.542. The predicted molar refractivity (Wildman–Crippen MR) is 131 cm³/mol. The van der Waals surface area contributed by atoms with Crippen molar-refractivity contribution in [3.63, 3.8) is 0 Å². The van der Waals surface area contributed by atoms with Crippen molar-refractivity contribution in [1.82, 2.24) is 15.3 Å². The van der Waals surface area contributed by atoms with Crippen molar-refractivity contribution in [2.75, 3.05) is 29.6 Å². The van der Waals surface area contributed by atoms with Crippen molar-refractivity contribution in [2.24, 2.45) is 0 Å². The van der Waals surface area contributed by atoms with Gasteiger partial charge in [0.25, 0.3) is 0 Å². The molecule has 1 heterocycles. The summed E-state index contributed by atoms with van der Waals surface area (Å²) in [6.07, 6.45) is 8.27. The second kappa shape index (κ2) is 9.94. The van der Waals surface area contributed by atoms with E-state index in [1.807, 2.05) is 33.2 Å². The Bertz CT molecular complexity index is 971. The van der Waals surface area contributed by atoms with Gasteiger partial charge in [-0.2, -0.15) is 4.98 Å². The molecular formula is C24H33ClN6O. The molecule has 4 rings (SSSR count). The summed E-state index contributed by atoms with van der Waals surface area (Å²) in [7, 11) is 4.10. The average Bonchev–Trinajstić information content (AvgIpc) is 2.77. The number of carbonyl (C=O) groups is 1. The van der Waals surface area contributed by atoms with Crippen LogP contribution in [0.2, 0.25) is 5.02 Å². The maximum atomic E-state index is 12.4. The van der Waals surface area contributed by atoms with Crippen LogP contribution in [-0.4, -0.2) is 42.2 Å². The molecule has 8 heteroatoms. The lowest BCUT2D eigenvalue weighted by Crippen LogP contribution is -2.42. The normalized spacial score (nSPS) is 20.2. The molecular weight excluding hydrogens is 424 g/mol. The van der Waals surface area contributed by atoms with Crippen LogP contribution in [0.5, 0.6) is 0 Å². The van der Waals surface area contributed by atoms with Crippen molar-refractivity contribution >= 4 is 35.1 Å². The number of amides is 2. The maximum absolute atomic E-state index is 12.4. The van der Waals surface area contributed by atoms with E-state index in [0.29, 0.717) is 16.8 Å². The monoisotopic (exact) mass is 456 g/mol. The van der Waals surface area contributed by atoms with E-state index in [-0.39, 0.29) is 12.1 Å². The van der Waals surface area contributed by atoms with Gasteiger partial charge in [0.15, 0.2) is 0 Å². The number of fused-ring (bicyclic) bond motifs is 1. The first-order valence-electron chi connectivity index (χ1n) is 11.6. The number of aromatic nitrogens is 2. The van der Waals surface area contributed by atoms with E-state index >= 15 is 0 Å². The molecule has 1 fully saturated rings. The fourth-order valence-electron chi connectivity index (χ4n) is 4.65. The molecule has 0 bridgehead atoms. The lowest BCUT2D eigenvalue weighted by molar-refractivity contribution is 0.243. The van der Waals surface area contributed by atoms with Gasteiger partial charge in [-0.15, -0.1) is 0 Å². The highest BCUT2D eigenvalue weighted by Gasteiger charge is 2.25. The van der Waals surface area contributed by atoms with Crippen LogP contribution in [0.15, 0.2) is 18.2 Å². The Kier molecular flexibility index (Phi) is 7.04. The summed E-state index contributed by atoms with van der Waals surface area (Å²) < 4.78 is 0. The molecule has 1 saturated carbocycles. The van der Waals surface area contributed by atoms with Crippen molar-refractivity contribution in [3.05, 3.63) is 40.0 Å². The summed E-state index contributed by atoms with van der Waals surface area (Å²) in [5.74, 6) is 1.77. The smallest absolute Gasteiger partial charge is 0.319 e. The highest BCUT2D eigenvalue weighted by molar-refractivity contribution is 6.33. The molecule has 2 aliphatic carbocycles. The van der Waals surface area contributed by atoms with E-state index < -0.39 is 0 Å². The van der Waals surface area contributed by atoms with E-state index in [1.54, 1.807) is 6.07 Å². The summed E-state index contributed by atoms with van der Waals surface area (Å²) in [4.78, 5) is 24.2. The number of halogens is 1. The first kappa shape index (κ1) is 22.6. The zero-order valence-corrected chi connectivity index (χ0v) is 19.9. The Balaban J connectivity index is 1.31. The zero-order valence-electron chi connectivity index (χ0n) is 19.2. The van der Waals surface area contributed by atoms with E-state index in [1.165, 1.54) is 24.1 Å². The maximum Gasteiger partial charge on any atom is 0.319 e. The van der Waals surface area contributed by atoms with Gasteiger partial charge < -0.3 is 20.9 Å². The molecule has 1 aromatic heterocycles. The molecule has 0 radical (unpaired) electrons. The SMILES string of the molecule is Cc1ccc(Cl)c(NC(=O)NC2CCC(Nc3nc4c(c(N(C)C)n3)CCCC4)CC2)c1. The van der Waals surface area contributed by atoms with Crippen LogP contribution >= 0.6 is 11.6 Å². The molecule has 7 nitrogen and oxygen atoms in total. The zero-order chi connectivity index (χ0) is 22.7. The number of benzene rings is 1. The topological polar surface area (TPSA) is 82.2 Å². The van der Waals surface area contributed by atoms with Crippen LogP contribution in [0, 0.1) is 6.92 Å². The van der Waals surface area contributed by atoms with Gasteiger partial charge in [-0.3, -0.25) is 0 Å². The standard InChI is InChI=1S/C24H33ClN6O/c1-15-8-13-19(25)21(14-15)29-24(32)27-17-11-9-16(10-12-17)26-23-28-20-7-5-4-6-18(20)22(30-23)31(2)3/h8,13-14,16-17H,4-7,9-12H2,1-3H3,(H,26,28,30)(H2,27,29,32). The Morgan fingerprint density at radius 3 is 2.53 bits per heavy atom. The Morgan fingerprint density at radius 1 is 1.06 bits per heavy atom. The van der Waals surface area contributed by atoms with Gasteiger partial charge in [0.05, 0.1) is 16.4 Å². The lowest BCUT2D eigenvalue weighted by Gasteiger charge is -2.30. The quantitative estimate of drug-likeness (QED) is 0.594. The van der Waals surface area contributed by atoms with Crippen molar-refractivity contribution < 1.29 is 4.79 Å². The van der Waals surface area contributed by atoms with E-state index in [0.717, 1.165) is 55.9 Å². The molecule has 1 aromatic carbocycles. The minimum Gasteiger partial charge on any atom is -0.362 e. The number of hydrogen-bond donors (Lipinski definition) is 3. The summed E-state index contributed by atoms with van der Waals surface area (Å²) in [6, 6.07) is 5.87. The van der Waals surface area contributed by atoms with Gasteiger partial charge in [-0.05, 0) is 76.0 Å². The summed E-state index contributed by atoms with van der Waals surface area (Å²) >= 11 is 6.19. The van der Waals surface area contributed by atoms with Gasteiger partial charge in [0.2, 0.25) is 5.95 Å². The van der Waals surface area contributed by atoms with Crippen molar-refractivity contribution in [1.29, 1.82) is 0 Å². The highest BCUT2D eigenvalue weighted by atomic mass is 35.5. The number of nitrogens with zero attached hydrogens (tertiary/aromatic N) is 3. The number of urea groups is 1. The first-order valence-corrected chi connectivity index (χ1v) is 11.9. The van der Waals surface area contributed by atoms with Crippen LogP contribution < -0.4 is 20.9 Å². The Hall–Kier alpha value is -2.54. The highest BCUT2D eigenvalue weighted by Crippen LogP contribution is 2.29. The van der Waals surface area contributed by atoms with Crippen LogP contribution in [0.4, 0.5) is 22.2 Å². The van der Waals surface area contributed by atoms with E-state index in [2.05, 4.69) is 20.9 Å². The fourth-order valence-corrected chi connectivity index (χ4v) is 4.82. The summed E-state index contributed by atoms with van der Waals surface area (Å²) in [6.45, 7) is 1.97. The molecule has 0 aliphatic heterocycles. The van der Waals surface area contributed by atoms with Gasteiger partial charge in [-0.25, -0.2) is 9.78 Å². The third-order valence-electron chi connectivity index (χ3n) is 6.35. The third-order valence-corrected chi connectivity index (χ3v) is 6.68. The first-order chi connectivity index (χ1) is 15.4. The van der Waals surface area contributed by atoms with Gasteiger partial charge in [0, 0.05) is 31.7 Å². The molecule has 0 atom stereocenters. The van der Waals surface area contributed by atoms with Crippen LogP contribution in [0.3, 0.4) is 0 Å². The molecule has 3 N–H and O–H groups in total. The van der Waals surface area contributed by atoms with Gasteiger partial charge in [-0.1, -0.05) is 17.7 Å². The molecule has 32 heavy (non-hydrogen) atoms. The minimum atomic E-state index is -0.206. The molecule has 2 amide bonds. The molecule has 2 aliphatic rings. The third kappa shape index (κ3) is 5.44. The Morgan fingerprint density at radius 2 is 1.78 bits per heavy atom. The number of nitrogens with one attached hydrogen (secondary N) is 3. The van der Waals surface area contributed by atoms with E-state index in [4.69, 9.17) is 21.6 Å². The number of aryl methyl sites for hydroxylation is 2. The molecule has 0 spiro atoms. The largest absolute Gasteiger partial charge is 0.362 e. The second-order valence-corrected chi connectivity index (χ2v) is 9.58. The van der Waals surface area contributed by atoms with Crippen LogP contribution in [0.1, 0.15) is 55.3 Å². The number of rotatable bonds is 5. The van der Waals surface area contributed by atoms with Crippen LogP contribution in [0.25, 0.3) is 0 Å². The molecule has 172 valence electrons. The average molecular weight is 457 g/mol. The number of anilines is 3. The predicted octanol–water partition coefficient (Wildman–Crippen LogP) is 4.93.